The van der Waals surface area contributed by atoms with Crippen LogP contribution >= 0.6 is 0 Å². The summed E-state index contributed by atoms with van der Waals surface area (Å²) in [6.45, 7) is 2.71. The lowest BCUT2D eigenvalue weighted by molar-refractivity contribution is -0.213. The molecule has 4 aliphatic rings. The molecule has 1 aromatic heterocycles. The lowest BCUT2D eigenvalue weighted by Gasteiger charge is -2.29. The molecule has 6 nitrogen and oxygen atoms in total. The number of nitrogens with zero attached hydrogens (tertiary/aromatic N) is 3. The summed E-state index contributed by atoms with van der Waals surface area (Å²) in [5.74, 6) is 7.00. The number of ether oxygens (including phenoxy) is 3. The van der Waals surface area contributed by atoms with E-state index in [1.165, 1.54) is 44.1 Å². The molecule has 3 aliphatic carbocycles. The second kappa shape index (κ2) is 7.49. The average Bonchev–Trinajstić information content (AvgIpc) is 3.64. The van der Waals surface area contributed by atoms with Crippen LogP contribution in [0.1, 0.15) is 55.6 Å². The standard InChI is InChI=1S/C24H27N3O3/c1(11-28-19-6-7-19)2-17-3-8-20(21(12-17)18-4-5-18)22-13-27(26-25-22)14-23-29-15-24(9-10-24)16-30-23/h3,8,12-13,18-19,23H,4-7,9-11,14-16H2. The van der Waals surface area contributed by atoms with Gasteiger partial charge < -0.3 is 14.2 Å². The molecule has 6 rings (SSSR count). The maximum absolute atomic E-state index is 5.89. The van der Waals surface area contributed by atoms with Gasteiger partial charge in [0.15, 0.2) is 6.29 Å². The zero-order chi connectivity index (χ0) is 20.0. The fourth-order valence-electron chi connectivity index (χ4n) is 4.00. The van der Waals surface area contributed by atoms with Crippen LogP contribution in [0.5, 0.6) is 0 Å². The highest BCUT2D eigenvalue weighted by Gasteiger charge is 2.47. The van der Waals surface area contributed by atoms with E-state index in [0.29, 0.717) is 30.6 Å². The molecule has 6 heteroatoms. The molecule has 0 unspecified atom stereocenters. The molecule has 0 N–H and O–H groups in total. The lowest BCUT2D eigenvalue weighted by Crippen LogP contribution is -2.36. The Labute approximate surface area is 176 Å². The Morgan fingerprint density at radius 1 is 1.13 bits per heavy atom. The Bertz CT molecular complexity index is 983. The summed E-state index contributed by atoms with van der Waals surface area (Å²) in [4.78, 5) is 0. The number of hydrogen-bond donors (Lipinski definition) is 0. The third kappa shape index (κ3) is 4.15. The van der Waals surface area contributed by atoms with Crippen molar-refractivity contribution < 1.29 is 14.2 Å². The summed E-state index contributed by atoms with van der Waals surface area (Å²) < 4.78 is 19.2. The number of aromatic nitrogens is 3. The topological polar surface area (TPSA) is 58.4 Å². The Morgan fingerprint density at radius 3 is 2.70 bits per heavy atom. The molecule has 4 fully saturated rings. The van der Waals surface area contributed by atoms with Gasteiger partial charge in [0.25, 0.3) is 0 Å². The first kappa shape index (κ1) is 18.6. The van der Waals surface area contributed by atoms with Gasteiger partial charge in [-0.3, -0.25) is 0 Å². The van der Waals surface area contributed by atoms with Crippen molar-refractivity contribution in [3.63, 3.8) is 0 Å². The van der Waals surface area contributed by atoms with Gasteiger partial charge in [-0.2, -0.15) is 0 Å². The first-order chi connectivity index (χ1) is 14.8. The quantitative estimate of drug-likeness (QED) is 0.689. The molecule has 0 amide bonds. The van der Waals surface area contributed by atoms with Crippen molar-refractivity contribution in [2.24, 2.45) is 5.41 Å². The predicted octanol–water partition coefficient (Wildman–Crippen LogP) is 3.51. The van der Waals surface area contributed by atoms with Crippen LogP contribution in [0.4, 0.5) is 0 Å². The molecule has 0 bridgehead atoms. The van der Waals surface area contributed by atoms with E-state index in [-0.39, 0.29) is 6.29 Å². The summed E-state index contributed by atoms with van der Waals surface area (Å²) in [7, 11) is 0. The Hall–Kier alpha value is -2.20. The molecule has 1 spiro atoms. The van der Waals surface area contributed by atoms with E-state index < -0.39 is 0 Å². The second-order valence-corrected chi connectivity index (χ2v) is 9.27. The van der Waals surface area contributed by atoms with Gasteiger partial charge >= 0.3 is 0 Å². The van der Waals surface area contributed by atoms with Crippen LogP contribution in [-0.4, -0.2) is 47.2 Å². The van der Waals surface area contributed by atoms with Crippen LogP contribution in [0.3, 0.4) is 0 Å². The van der Waals surface area contributed by atoms with Crippen LogP contribution in [0.25, 0.3) is 11.3 Å². The molecule has 156 valence electrons. The SMILES string of the molecule is C(#Cc1ccc(-c2cn(CC3OCC4(CC4)CO3)nn2)c(C2CC2)c1)COC1CC1. The van der Waals surface area contributed by atoms with E-state index in [9.17, 15) is 0 Å². The molecule has 3 saturated carbocycles. The van der Waals surface area contributed by atoms with E-state index >= 15 is 0 Å². The van der Waals surface area contributed by atoms with Gasteiger partial charge in [-0.25, -0.2) is 4.68 Å². The van der Waals surface area contributed by atoms with Crippen LogP contribution in [0.15, 0.2) is 24.4 Å². The van der Waals surface area contributed by atoms with E-state index in [0.717, 1.165) is 30.0 Å². The second-order valence-electron chi connectivity index (χ2n) is 9.27. The van der Waals surface area contributed by atoms with Crippen molar-refractivity contribution in [2.75, 3.05) is 19.8 Å². The zero-order valence-corrected chi connectivity index (χ0v) is 17.2. The fraction of sp³-hybridized carbons (Fsp3) is 0.583. The summed E-state index contributed by atoms with van der Waals surface area (Å²) >= 11 is 0. The largest absolute Gasteiger partial charge is 0.366 e. The van der Waals surface area contributed by atoms with E-state index in [2.05, 4.69) is 40.4 Å². The summed E-state index contributed by atoms with van der Waals surface area (Å²) in [5, 5.41) is 8.77. The molecule has 1 aliphatic heterocycles. The molecule has 0 atom stereocenters. The molecular formula is C24H27N3O3. The van der Waals surface area contributed by atoms with Crippen molar-refractivity contribution in [1.82, 2.24) is 15.0 Å². The van der Waals surface area contributed by atoms with Crippen molar-refractivity contribution in [3.8, 4) is 23.1 Å². The van der Waals surface area contributed by atoms with Crippen molar-refractivity contribution >= 4 is 0 Å². The Balaban J connectivity index is 1.15. The molecule has 2 aromatic rings. The summed E-state index contributed by atoms with van der Waals surface area (Å²) in [5.41, 5.74) is 4.76. The Morgan fingerprint density at radius 2 is 1.97 bits per heavy atom. The maximum atomic E-state index is 5.89. The third-order valence-electron chi connectivity index (χ3n) is 6.48. The van der Waals surface area contributed by atoms with Gasteiger partial charge in [-0.05, 0) is 62.1 Å². The normalized spacial score (nSPS) is 22.7. The molecule has 0 radical (unpaired) electrons. The van der Waals surface area contributed by atoms with Crippen molar-refractivity contribution in [1.29, 1.82) is 0 Å². The minimum absolute atomic E-state index is 0.232. The third-order valence-corrected chi connectivity index (χ3v) is 6.48. The summed E-state index contributed by atoms with van der Waals surface area (Å²) in [6.07, 6.45) is 9.50. The van der Waals surface area contributed by atoms with Crippen molar-refractivity contribution in [3.05, 3.63) is 35.5 Å². The predicted molar refractivity (Wildman–Crippen MR) is 111 cm³/mol. The highest BCUT2D eigenvalue weighted by Crippen LogP contribution is 2.48. The van der Waals surface area contributed by atoms with Gasteiger partial charge in [0.05, 0.1) is 32.1 Å². The van der Waals surface area contributed by atoms with Gasteiger partial charge in [0, 0.05) is 16.5 Å². The van der Waals surface area contributed by atoms with Gasteiger partial charge in [0.1, 0.15) is 12.3 Å². The highest BCUT2D eigenvalue weighted by atomic mass is 16.7. The first-order valence-electron chi connectivity index (χ1n) is 11.1. The van der Waals surface area contributed by atoms with Gasteiger partial charge in [-0.15, -0.1) is 5.10 Å². The molecule has 1 saturated heterocycles. The molecule has 2 heterocycles. The number of benzene rings is 1. The smallest absolute Gasteiger partial charge is 0.177 e. The first-order valence-corrected chi connectivity index (χ1v) is 11.1. The van der Waals surface area contributed by atoms with Crippen LogP contribution in [-0.2, 0) is 20.8 Å². The fourth-order valence-corrected chi connectivity index (χ4v) is 4.00. The lowest BCUT2D eigenvalue weighted by atomic mass is 9.98. The van der Waals surface area contributed by atoms with Gasteiger partial charge in [0.2, 0.25) is 0 Å². The van der Waals surface area contributed by atoms with E-state index in [4.69, 9.17) is 14.2 Å². The van der Waals surface area contributed by atoms with E-state index in [1.54, 1.807) is 0 Å². The number of hydrogen-bond acceptors (Lipinski definition) is 5. The number of rotatable bonds is 6. The average molecular weight is 405 g/mol. The van der Waals surface area contributed by atoms with Crippen LogP contribution in [0, 0.1) is 17.3 Å². The van der Waals surface area contributed by atoms with Crippen molar-refractivity contribution in [2.45, 2.75) is 63.4 Å². The maximum Gasteiger partial charge on any atom is 0.177 e. The van der Waals surface area contributed by atoms with E-state index in [1.807, 2.05) is 10.9 Å². The Kier molecular flexibility index (Phi) is 4.63. The monoisotopic (exact) mass is 405 g/mol. The summed E-state index contributed by atoms with van der Waals surface area (Å²) in [6, 6.07) is 6.43. The van der Waals surface area contributed by atoms with Gasteiger partial charge in [-0.1, -0.05) is 23.1 Å². The molecule has 1 aromatic carbocycles. The molecule has 30 heavy (non-hydrogen) atoms. The van der Waals surface area contributed by atoms with Crippen LogP contribution < -0.4 is 0 Å². The minimum Gasteiger partial charge on any atom is -0.366 e. The highest BCUT2D eigenvalue weighted by molar-refractivity contribution is 5.66. The minimum atomic E-state index is -0.232. The zero-order valence-electron chi connectivity index (χ0n) is 17.2. The molecular weight excluding hydrogens is 378 g/mol. The van der Waals surface area contributed by atoms with Crippen LogP contribution in [0.2, 0.25) is 0 Å².